The maximum atomic E-state index is 13.2. The van der Waals surface area contributed by atoms with Gasteiger partial charge in [0.2, 0.25) is 0 Å². The number of benzene rings is 2. The van der Waals surface area contributed by atoms with Crippen LogP contribution in [-0.4, -0.2) is 41.8 Å². The monoisotopic (exact) mass is 481 g/mol. The standard InChI is InChI=1S/C17H24FNO3.C7H8O3S/c1-17(2,21)7-6-12-10-15(22-16(12)20)14(19)9-11-4-3-5-13(18)8-11;1-6-2-4-7(5-3-6)11(8,9)10/h3-5,8,12,14-15,21H,6-7,9-10,19H2,1-2H3;2-5H,1H3,(H,8,9,10)/t12-,14+,15+;/m1./s1. The van der Waals surface area contributed by atoms with Crippen LogP contribution in [0, 0.1) is 18.7 Å². The van der Waals surface area contributed by atoms with Gasteiger partial charge in [-0.1, -0.05) is 29.8 Å². The molecule has 0 aliphatic carbocycles. The average molecular weight is 482 g/mol. The van der Waals surface area contributed by atoms with Crippen LogP contribution in [0.15, 0.2) is 53.4 Å². The first kappa shape index (κ1) is 26.9. The number of halogens is 1. The maximum absolute atomic E-state index is 13.2. The second-order valence-corrected chi connectivity index (χ2v) is 10.5. The summed E-state index contributed by atoms with van der Waals surface area (Å²) in [7, 11) is -4.27. The van der Waals surface area contributed by atoms with Crippen molar-refractivity contribution in [2.75, 3.05) is 0 Å². The smallest absolute Gasteiger partial charge is 0.309 e. The molecule has 0 aromatic heterocycles. The van der Waals surface area contributed by atoms with E-state index in [1.165, 1.54) is 24.3 Å². The van der Waals surface area contributed by atoms with Gasteiger partial charge < -0.3 is 20.1 Å². The van der Waals surface area contributed by atoms with Gasteiger partial charge in [-0.25, -0.2) is 12.8 Å². The molecule has 1 aliphatic rings. The van der Waals surface area contributed by atoms with Crippen LogP contribution in [-0.2, 0) is 26.1 Å². The minimum absolute atomic E-state index is 0.0992. The lowest BCUT2D eigenvalue weighted by Crippen LogP contribution is -2.67. The normalized spacial score (nSPS) is 19.4. The summed E-state index contributed by atoms with van der Waals surface area (Å²) in [5, 5.41) is 9.76. The van der Waals surface area contributed by atoms with Crippen molar-refractivity contribution in [3.63, 3.8) is 0 Å². The number of aliphatic hydroxyl groups is 1. The number of aryl methyl sites for hydroxylation is 1. The number of carbonyl (C=O) groups excluding carboxylic acids is 1. The second-order valence-electron chi connectivity index (χ2n) is 9.12. The Morgan fingerprint density at radius 3 is 2.42 bits per heavy atom. The third-order valence-corrected chi connectivity index (χ3v) is 6.29. The molecule has 4 N–H and O–H groups in total. The Balaban J connectivity index is 0.000000294. The molecule has 1 heterocycles. The summed E-state index contributed by atoms with van der Waals surface area (Å²) in [5.74, 6) is -0.647. The molecule has 0 spiro atoms. The van der Waals surface area contributed by atoms with Gasteiger partial charge in [0.25, 0.3) is 0 Å². The summed E-state index contributed by atoms with van der Waals surface area (Å²) in [5.41, 5.74) is 5.09. The van der Waals surface area contributed by atoms with Gasteiger partial charge in [-0.3, -0.25) is 4.79 Å². The molecule has 2 aromatic carbocycles. The molecule has 1 saturated heterocycles. The van der Waals surface area contributed by atoms with Crippen molar-refractivity contribution in [3.8, 4) is 0 Å². The van der Waals surface area contributed by atoms with E-state index in [0.717, 1.165) is 11.1 Å². The number of esters is 1. The summed E-state index contributed by atoms with van der Waals surface area (Å²) in [6.07, 6.45) is 2.14. The molecule has 0 amide bonds. The fourth-order valence-electron chi connectivity index (χ4n) is 3.53. The SMILES string of the molecule is CC(C)(O)CC[C@@H]1C[C@@H]([C@@H]([NH3+])Cc2cccc(F)c2)OC1=O.Cc1ccc(S(=O)(=O)[O-])cc1. The van der Waals surface area contributed by atoms with Crippen molar-refractivity contribution in [1.29, 1.82) is 0 Å². The fraction of sp³-hybridized carbons (Fsp3) is 0.458. The van der Waals surface area contributed by atoms with Gasteiger partial charge in [0.05, 0.1) is 16.4 Å². The first-order valence-corrected chi connectivity index (χ1v) is 12.2. The lowest BCUT2D eigenvalue weighted by atomic mass is 9.90. The van der Waals surface area contributed by atoms with Gasteiger partial charge in [0.15, 0.2) is 6.10 Å². The van der Waals surface area contributed by atoms with Crippen LogP contribution in [0.4, 0.5) is 4.39 Å². The van der Waals surface area contributed by atoms with Crippen molar-refractivity contribution in [1.82, 2.24) is 0 Å². The summed E-state index contributed by atoms with van der Waals surface area (Å²) in [6.45, 7) is 5.29. The number of rotatable bonds is 7. The summed E-state index contributed by atoms with van der Waals surface area (Å²) < 4.78 is 49.8. The van der Waals surface area contributed by atoms with Gasteiger partial charge in [-0.2, -0.15) is 0 Å². The molecule has 33 heavy (non-hydrogen) atoms. The number of hydrogen-bond acceptors (Lipinski definition) is 6. The number of ether oxygens (including phenoxy) is 1. The van der Waals surface area contributed by atoms with Gasteiger partial charge in [-0.05, 0) is 63.4 Å². The van der Waals surface area contributed by atoms with Crippen molar-refractivity contribution < 1.29 is 37.7 Å². The Kier molecular flexibility index (Phi) is 9.13. The quantitative estimate of drug-likeness (QED) is 0.461. The van der Waals surface area contributed by atoms with Crippen LogP contribution in [0.2, 0.25) is 0 Å². The van der Waals surface area contributed by atoms with Crippen molar-refractivity contribution >= 4 is 16.1 Å². The predicted octanol–water partition coefficient (Wildman–Crippen LogP) is 2.36. The van der Waals surface area contributed by atoms with E-state index in [2.05, 4.69) is 5.73 Å². The summed E-state index contributed by atoms with van der Waals surface area (Å²) in [6, 6.07) is 12.1. The first-order chi connectivity index (χ1) is 15.2. The van der Waals surface area contributed by atoms with E-state index in [0.29, 0.717) is 25.7 Å². The maximum Gasteiger partial charge on any atom is 0.309 e. The molecule has 0 radical (unpaired) electrons. The van der Waals surface area contributed by atoms with Crippen LogP contribution in [0.1, 0.15) is 44.2 Å². The van der Waals surface area contributed by atoms with E-state index in [9.17, 15) is 27.3 Å². The minimum atomic E-state index is -4.27. The zero-order valence-electron chi connectivity index (χ0n) is 19.2. The molecule has 0 unspecified atom stereocenters. The Morgan fingerprint density at radius 2 is 1.88 bits per heavy atom. The molecule has 182 valence electrons. The van der Waals surface area contributed by atoms with Crippen LogP contribution < -0.4 is 5.73 Å². The highest BCUT2D eigenvalue weighted by molar-refractivity contribution is 7.85. The number of hydrogen-bond donors (Lipinski definition) is 2. The molecule has 3 atom stereocenters. The van der Waals surface area contributed by atoms with E-state index in [4.69, 9.17) is 4.74 Å². The van der Waals surface area contributed by atoms with Crippen LogP contribution >= 0.6 is 0 Å². The van der Waals surface area contributed by atoms with E-state index in [1.54, 1.807) is 32.0 Å². The summed E-state index contributed by atoms with van der Waals surface area (Å²) in [4.78, 5) is 11.7. The van der Waals surface area contributed by atoms with Gasteiger partial charge in [0, 0.05) is 12.8 Å². The Bertz CT molecular complexity index is 1030. The van der Waals surface area contributed by atoms with Gasteiger partial charge in [0.1, 0.15) is 22.0 Å². The van der Waals surface area contributed by atoms with Crippen LogP contribution in [0.25, 0.3) is 0 Å². The molecular formula is C24H32FNO6S. The van der Waals surface area contributed by atoms with Crippen molar-refractivity contribution in [2.24, 2.45) is 5.92 Å². The highest BCUT2D eigenvalue weighted by Crippen LogP contribution is 2.29. The van der Waals surface area contributed by atoms with E-state index in [-0.39, 0.29) is 34.7 Å². The second kappa shape index (κ2) is 11.2. The molecule has 1 fully saturated rings. The third-order valence-electron chi connectivity index (χ3n) is 5.44. The highest BCUT2D eigenvalue weighted by Gasteiger charge is 2.39. The highest BCUT2D eigenvalue weighted by atomic mass is 32.2. The predicted molar refractivity (Wildman–Crippen MR) is 119 cm³/mol. The molecule has 3 rings (SSSR count). The Hall–Kier alpha value is -2.33. The minimum Gasteiger partial charge on any atom is -0.744 e. The molecule has 9 heteroatoms. The zero-order valence-corrected chi connectivity index (χ0v) is 20.0. The number of quaternary nitrogens is 1. The molecular weight excluding hydrogens is 449 g/mol. The fourth-order valence-corrected chi connectivity index (χ4v) is 3.99. The molecule has 0 bridgehead atoms. The van der Waals surface area contributed by atoms with E-state index in [1.807, 2.05) is 13.0 Å². The van der Waals surface area contributed by atoms with Gasteiger partial charge in [-0.15, -0.1) is 0 Å². The molecule has 0 saturated carbocycles. The number of cyclic esters (lactones) is 1. The first-order valence-electron chi connectivity index (χ1n) is 10.8. The number of carbonyl (C=O) groups is 1. The van der Waals surface area contributed by atoms with Crippen LogP contribution in [0.3, 0.4) is 0 Å². The average Bonchev–Trinajstić information content (AvgIpc) is 3.07. The third kappa shape index (κ3) is 9.21. The molecule has 7 nitrogen and oxygen atoms in total. The zero-order chi connectivity index (χ0) is 24.8. The largest absolute Gasteiger partial charge is 0.744 e. The molecule has 1 aliphatic heterocycles. The Labute approximate surface area is 194 Å². The van der Waals surface area contributed by atoms with Crippen LogP contribution in [0.5, 0.6) is 0 Å². The van der Waals surface area contributed by atoms with E-state index < -0.39 is 15.7 Å². The topological polar surface area (TPSA) is 131 Å². The summed E-state index contributed by atoms with van der Waals surface area (Å²) >= 11 is 0. The Morgan fingerprint density at radius 1 is 1.24 bits per heavy atom. The van der Waals surface area contributed by atoms with E-state index >= 15 is 0 Å². The van der Waals surface area contributed by atoms with Crippen molar-refractivity contribution in [3.05, 3.63) is 65.5 Å². The lowest BCUT2D eigenvalue weighted by molar-refractivity contribution is -0.435. The lowest BCUT2D eigenvalue weighted by Gasteiger charge is -2.18. The van der Waals surface area contributed by atoms with Crippen molar-refractivity contribution in [2.45, 2.75) is 69.1 Å². The molecule has 2 aromatic rings. The van der Waals surface area contributed by atoms with Gasteiger partial charge >= 0.3 is 5.97 Å².